The van der Waals surface area contributed by atoms with Gasteiger partial charge in [-0.3, -0.25) is 4.78 Å². The number of carbonyl (C=O) groups is 1. The highest BCUT2D eigenvalue weighted by atomic mass is 32.2. The molecule has 1 aromatic heterocycles. The Morgan fingerprint density at radius 2 is 1.73 bits per heavy atom. The number of urea groups is 1. The molecular weight excluding hydrogens is 607 g/mol. The van der Waals surface area contributed by atoms with E-state index >= 15 is 4.39 Å². The molecule has 0 fully saturated rings. The second-order valence-electron chi connectivity index (χ2n) is 9.62. The number of likely N-dealkylation sites (N-methyl/N-ethyl adjacent to an activating group) is 1. The minimum Gasteiger partial charge on any atom is -0.368 e. The van der Waals surface area contributed by atoms with Gasteiger partial charge in [0, 0.05) is 35.4 Å². The van der Waals surface area contributed by atoms with Crippen molar-refractivity contribution in [3.05, 3.63) is 84.1 Å². The Balaban J connectivity index is 1.56. The van der Waals surface area contributed by atoms with E-state index in [-0.39, 0.29) is 11.6 Å². The fourth-order valence-corrected chi connectivity index (χ4v) is 4.36. The second-order valence-corrected chi connectivity index (χ2v) is 10.7. The number of amides is 2. The quantitative estimate of drug-likeness (QED) is 0.0878. The monoisotopic (exact) mass is 634 g/mol. The summed E-state index contributed by atoms with van der Waals surface area (Å²) in [7, 11) is 1.48. The third kappa shape index (κ3) is 8.38. The molecule has 0 bridgehead atoms. The number of nitrogens with zero attached hydrogens (tertiary/aromatic N) is 3. The van der Waals surface area contributed by atoms with Crippen LogP contribution >= 0.6 is 0 Å². The summed E-state index contributed by atoms with van der Waals surface area (Å²) in [5, 5.41) is 10.3. The average molecular weight is 635 g/mol. The zero-order chi connectivity index (χ0) is 32.0. The Labute approximate surface area is 250 Å². The van der Waals surface area contributed by atoms with Gasteiger partial charge in [-0.25, -0.2) is 22.8 Å². The number of hydrogen-bond acceptors (Lipinski definition) is 8. The van der Waals surface area contributed by atoms with Crippen LogP contribution in [0.3, 0.4) is 0 Å². The molecule has 44 heavy (non-hydrogen) atoms. The average Bonchev–Trinajstić information content (AvgIpc) is 2.95. The van der Waals surface area contributed by atoms with E-state index in [0.717, 1.165) is 6.07 Å². The fourth-order valence-electron chi connectivity index (χ4n) is 3.88. The summed E-state index contributed by atoms with van der Waals surface area (Å²) in [6, 6.07) is 10.6. The summed E-state index contributed by atoms with van der Waals surface area (Å²) >= 11 is 0. The number of rotatable bonds is 10. The number of carbonyl (C=O) groups excluding carboxylic acids is 1. The lowest BCUT2D eigenvalue weighted by molar-refractivity contribution is -0.137. The molecular formula is C28H27F5N8O2S. The highest BCUT2D eigenvalue weighted by Crippen LogP contribution is 2.33. The topological polar surface area (TPSA) is 135 Å². The van der Waals surface area contributed by atoms with Crippen LogP contribution < -0.4 is 21.3 Å². The van der Waals surface area contributed by atoms with E-state index in [0.29, 0.717) is 58.8 Å². The van der Waals surface area contributed by atoms with E-state index in [1.165, 1.54) is 18.3 Å². The molecule has 0 aliphatic rings. The van der Waals surface area contributed by atoms with Gasteiger partial charge in [0.25, 0.3) is 0 Å². The lowest BCUT2D eigenvalue weighted by Gasteiger charge is -2.16. The summed E-state index contributed by atoms with van der Waals surface area (Å²) in [6.07, 6.45) is -3.30. The Morgan fingerprint density at radius 1 is 0.977 bits per heavy atom. The van der Waals surface area contributed by atoms with E-state index < -0.39 is 45.7 Å². The highest BCUT2D eigenvalue weighted by molar-refractivity contribution is 7.73. The molecule has 0 aliphatic carbocycles. The number of alkyl halides is 3. The minimum absolute atomic E-state index is 0.177. The van der Waals surface area contributed by atoms with Gasteiger partial charge in [0.1, 0.15) is 17.5 Å². The van der Waals surface area contributed by atoms with Crippen molar-refractivity contribution in [3.8, 4) is 11.1 Å². The van der Waals surface area contributed by atoms with Gasteiger partial charge < -0.3 is 26.2 Å². The number of benzene rings is 3. The molecule has 0 spiro atoms. The molecule has 232 valence electrons. The first-order chi connectivity index (χ1) is 20.8. The van der Waals surface area contributed by atoms with Gasteiger partial charge in [-0.05, 0) is 68.2 Å². The van der Waals surface area contributed by atoms with Gasteiger partial charge >= 0.3 is 12.2 Å². The number of hydrogen-bond donors (Lipinski definition) is 6. The van der Waals surface area contributed by atoms with Crippen molar-refractivity contribution < 1.29 is 31.0 Å². The van der Waals surface area contributed by atoms with Crippen molar-refractivity contribution >= 4 is 45.5 Å². The minimum atomic E-state index is -4.75. The van der Waals surface area contributed by atoms with Crippen LogP contribution in [-0.2, 0) is 16.8 Å². The molecule has 1 unspecified atom stereocenters. The molecule has 1 atom stereocenters. The van der Waals surface area contributed by atoms with E-state index in [2.05, 4.69) is 25.9 Å². The van der Waals surface area contributed by atoms with Gasteiger partial charge in [-0.1, -0.05) is 12.1 Å². The van der Waals surface area contributed by atoms with Crippen molar-refractivity contribution in [2.45, 2.75) is 11.1 Å². The van der Waals surface area contributed by atoms with E-state index in [4.69, 9.17) is 4.78 Å². The van der Waals surface area contributed by atoms with Crippen LogP contribution in [0.1, 0.15) is 5.56 Å². The fraction of sp³-hybridized carbons (Fsp3) is 0.179. The van der Waals surface area contributed by atoms with Gasteiger partial charge in [0.05, 0.1) is 27.5 Å². The maximum atomic E-state index is 15.1. The number of halogens is 5. The molecule has 0 radical (unpaired) electrons. The van der Waals surface area contributed by atoms with Gasteiger partial charge in [0.15, 0.2) is 0 Å². The maximum absolute atomic E-state index is 15.1. The third-order valence-electron chi connectivity index (χ3n) is 6.05. The molecule has 3 aromatic carbocycles. The summed E-state index contributed by atoms with van der Waals surface area (Å²) in [5.74, 6) is -1.46. The summed E-state index contributed by atoms with van der Waals surface area (Å²) in [6.45, 7) is 1.11. The number of anilines is 5. The predicted molar refractivity (Wildman–Crippen MR) is 159 cm³/mol. The van der Waals surface area contributed by atoms with Crippen LogP contribution in [0.25, 0.3) is 11.1 Å². The Morgan fingerprint density at radius 3 is 2.41 bits per heavy atom. The molecule has 16 heteroatoms. The third-order valence-corrected chi connectivity index (χ3v) is 6.79. The lowest BCUT2D eigenvalue weighted by atomic mass is 10.1. The van der Waals surface area contributed by atoms with E-state index in [1.54, 1.807) is 24.3 Å². The molecule has 10 nitrogen and oxygen atoms in total. The summed E-state index contributed by atoms with van der Waals surface area (Å²) in [4.78, 5) is 23.4. The molecule has 5 N–H and O–H groups in total. The van der Waals surface area contributed by atoms with Crippen LogP contribution in [-0.4, -0.2) is 52.3 Å². The molecule has 0 saturated carbocycles. The molecule has 4 aromatic rings. The molecule has 0 aliphatic heterocycles. The molecule has 0 saturated heterocycles. The van der Waals surface area contributed by atoms with Crippen LogP contribution in [0.2, 0.25) is 0 Å². The maximum Gasteiger partial charge on any atom is 0.416 e. The van der Waals surface area contributed by atoms with Crippen LogP contribution in [0.4, 0.5) is 55.6 Å². The zero-order valence-electron chi connectivity index (χ0n) is 23.3. The summed E-state index contributed by atoms with van der Waals surface area (Å²) in [5.41, 5.74) is -0.944. The van der Waals surface area contributed by atoms with Crippen LogP contribution in [0, 0.1) is 16.4 Å². The molecule has 1 heterocycles. The number of aromatic nitrogens is 2. The van der Waals surface area contributed by atoms with Crippen LogP contribution in [0.5, 0.6) is 0 Å². The van der Waals surface area contributed by atoms with Crippen molar-refractivity contribution in [1.82, 2.24) is 14.9 Å². The highest BCUT2D eigenvalue weighted by Gasteiger charge is 2.31. The van der Waals surface area contributed by atoms with Crippen molar-refractivity contribution in [3.63, 3.8) is 0 Å². The second kappa shape index (κ2) is 13.6. The normalized spacial score (nSPS) is 12.1. The molecule has 4 rings (SSSR count). The Bertz CT molecular complexity index is 1740. The SMILES string of the molecule is CN(C)CCNc1nc(Nc2cccc([SH](=N)=O)c2)ncc1-c1ccc(NC(=O)Nc2cc(C(F)(F)F)ccc2F)c(F)c1. The van der Waals surface area contributed by atoms with E-state index in [1.807, 2.05) is 24.3 Å². The summed E-state index contributed by atoms with van der Waals surface area (Å²) < 4.78 is 87.1. The smallest absolute Gasteiger partial charge is 0.368 e. The lowest BCUT2D eigenvalue weighted by Crippen LogP contribution is -2.21. The first-order valence-electron chi connectivity index (χ1n) is 12.9. The number of thiol groups is 1. The largest absolute Gasteiger partial charge is 0.416 e. The Kier molecular flexibility index (Phi) is 9.95. The standard InChI is InChI=1S/C28H27F5N8O2S/c1-41(2)11-10-35-25-20(15-36-26(40-25)37-18-4-3-5-19(14-18)44(34)43)16-6-9-23(22(30)12-16)38-27(42)39-24-13-17(28(31,32)33)7-8-21(24)29/h3-9,12-15,34,44H,10-11H2,1-2H3,(H2,38,39,42)(H2,35,36,37,40). The van der Waals surface area contributed by atoms with Gasteiger partial charge in [-0.2, -0.15) is 18.2 Å². The van der Waals surface area contributed by atoms with Gasteiger partial charge in [0.2, 0.25) is 5.95 Å². The zero-order valence-corrected chi connectivity index (χ0v) is 24.2. The Hall–Kier alpha value is -4.83. The van der Waals surface area contributed by atoms with Crippen molar-refractivity contribution in [2.75, 3.05) is 48.5 Å². The molecule has 2 amide bonds. The van der Waals surface area contributed by atoms with E-state index in [9.17, 15) is 26.6 Å². The van der Waals surface area contributed by atoms with Crippen LogP contribution in [0.15, 0.2) is 71.8 Å². The van der Waals surface area contributed by atoms with Gasteiger partial charge in [-0.15, -0.1) is 0 Å². The van der Waals surface area contributed by atoms with Crippen molar-refractivity contribution in [2.24, 2.45) is 0 Å². The first-order valence-corrected chi connectivity index (χ1v) is 14.1. The van der Waals surface area contributed by atoms with Crippen molar-refractivity contribution in [1.29, 1.82) is 4.78 Å². The number of nitrogens with one attached hydrogen (secondary N) is 5. The predicted octanol–water partition coefficient (Wildman–Crippen LogP) is 6.40. The first kappa shape index (κ1) is 32.1.